The molecule has 0 aliphatic carbocycles. The van der Waals surface area contributed by atoms with E-state index >= 15 is 0 Å². The first kappa shape index (κ1) is 15.9. The number of rotatable bonds is 8. The lowest BCUT2D eigenvalue weighted by molar-refractivity contribution is 0.326. The standard InChI is InChI=1S/C14H32N2/c1-6-7-8-12(2)16-10-9-13(15)11-14(3,4)5/h12-13,16H,6-11,15H2,1-5H3. The molecular weight excluding hydrogens is 196 g/mol. The fourth-order valence-electron chi connectivity index (χ4n) is 2.02. The van der Waals surface area contributed by atoms with Crippen molar-refractivity contribution in [3.8, 4) is 0 Å². The van der Waals surface area contributed by atoms with Gasteiger partial charge in [-0.3, -0.25) is 0 Å². The van der Waals surface area contributed by atoms with E-state index in [1.54, 1.807) is 0 Å². The third kappa shape index (κ3) is 10.4. The summed E-state index contributed by atoms with van der Waals surface area (Å²) in [5.74, 6) is 0. The van der Waals surface area contributed by atoms with Crippen LogP contribution in [0.25, 0.3) is 0 Å². The van der Waals surface area contributed by atoms with Crippen LogP contribution in [0, 0.1) is 5.41 Å². The van der Waals surface area contributed by atoms with Crippen molar-refractivity contribution in [2.75, 3.05) is 6.54 Å². The molecule has 0 aromatic rings. The Balaban J connectivity index is 3.50. The maximum atomic E-state index is 6.11. The number of nitrogens with one attached hydrogen (secondary N) is 1. The average molecular weight is 228 g/mol. The van der Waals surface area contributed by atoms with E-state index < -0.39 is 0 Å². The highest BCUT2D eigenvalue weighted by Crippen LogP contribution is 2.20. The summed E-state index contributed by atoms with van der Waals surface area (Å²) in [6, 6.07) is 0.979. The monoisotopic (exact) mass is 228 g/mol. The predicted octanol–water partition coefficient (Wildman–Crippen LogP) is 3.31. The van der Waals surface area contributed by atoms with E-state index in [1.807, 2.05) is 0 Å². The Labute approximate surface area is 102 Å². The molecule has 0 saturated heterocycles. The average Bonchev–Trinajstić information content (AvgIpc) is 2.11. The zero-order chi connectivity index (χ0) is 12.6. The summed E-state index contributed by atoms with van der Waals surface area (Å²) in [6.45, 7) is 12.3. The van der Waals surface area contributed by atoms with Gasteiger partial charge in [0.2, 0.25) is 0 Å². The molecule has 3 N–H and O–H groups in total. The molecule has 0 rings (SSSR count). The van der Waals surface area contributed by atoms with Gasteiger partial charge in [0.15, 0.2) is 0 Å². The van der Waals surface area contributed by atoms with Gasteiger partial charge >= 0.3 is 0 Å². The normalized spacial score (nSPS) is 16.1. The van der Waals surface area contributed by atoms with Crippen LogP contribution in [-0.2, 0) is 0 Å². The number of hydrogen-bond donors (Lipinski definition) is 2. The molecule has 98 valence electrons. The SMILES string of the molecule is CCCCC(C)NCCC(N)CC(C)(C)C. The topological polar surface area (TPSA) is 38.0 Å². The first-order valence-corrected chi connectivity index (χ1v) is 6.84. The quantitative estimate of drug-likeness (QED) is 0.669. The molecule has 2 unspecified atom stereocenters. The van der Waals surface area contributed by atoms with Crippen molar-refractivity contribution in [3.05, 3.63) is 0 Å². The molecule has 0 aromatic heterocycles. The van der Waals surface area contributed by atoms with Crippen molar-refractivity contribution in [2.24, 2.45) is 11.1 Å². The summed E-state index contributed by atoms with van der Waals surface area (Å²) < 4.78 is 0. The van der Waals surface area contributed by atoms with Gasteiger partial charge in [-0.1, -0.05) is 40.5 Å². The smallest absolute Gasteiger partial charge is 0.00558 e. The molecule has 0 saturated carbocycles. The fourth-order valence-corrected chi connectivity index (χ4v) is 2.02. The Morgan fingerprint density at radius 2 is 1.81 bits per heavy atom. The number of unbranched alkanes of at least 4 members (excludes halogenated alkanes) is 1. The Kier molecular flexibility index (Phi) is 8.04. The van der Waals surface area contributed by atoms with E-state index in [0.717, 1.165) is 19.4 Å². The summed E-state index contributed by atoms with van der Waals surface area (Å²) in [5.41, 5.74) is 6.46. The molecule has 16 heavy (non-hydrogen) atoms. The molecule has 0 amide bonds. The molecule has 0 bridgehead atoms. The molecule has 2 heteroatoms. The molecule has 0 radical (unpaired) electrons. The van der Waals surface area contributed by atoms with Crippen LogP contribution >= 0.6 is 0 Å². The van der Waals surface area contributed by atoms with Gasteiger partial charge in [-0.25, -0.2) is 0 Å². The van der Waals surface area contributed by atoms with Crippen LogP contribution in [0.15, 0.2) is 0 Å². The number of nitrogens with two attached hydrogens (primary N) is 1. The van der Waals surface area contributed by atoms with Crippen molar-refractivity contribution >= 4 is 0 Å². The minimum absolute atomic E-state index is 0.339. The first-order valence-electron chi connectivity index (χ1n) is 6.84. The van der Waals surface area contributed by atoms with E-state index in [0.29, 0.717) is 17.5 Å². The summed E-state index contributed by atoms with van der Waals surface area (Å²) in [6.07, 6.45) is 6.09. The first-order chi connectivity index (χ1) is 7.35. The van der Waals surface area contributed by atoms with Gasteiger partial charge in [0, 0.05) is 12.1 Å². The van der Waals surface area contributed by atoms with E-state index in [2.05, 4.69) is 39.9 Å². The zero-order valence-electron chi connectivity index (χ0n) is 12.0. The summed E-state index contributed by atoms with van der Waals surface area (Å²) in [5, 5.41) is 3.55. The van der Waals surface area contributed by atoms with Crippen LogP contribution in [0.5, 0.6) is 0 Å². The molecule has 0 heterocycles. The predicted molar refractivity (Wildman–Crippen MR) is 73.7 cm³/mol. The molecule has 2 atom stereocenters. The Bertz CT molecular complexity index is 161. The van der Waals surface area contributed by atoms with Crippen molar-refractivity contribution in [1.82, 2.24) is 5.32 Å². The molecule has 0 spiro atoms. The van der Waals surface area contributed by atoms with Gasteiger partial charge in [0.25, 0.3) is 0 Å². The zero-order valence-corrected chi connectivity index (χ0v) is 12.0. The highest BCUT2D eigenvalue weighted by atomic mass is 14.9. The van der Waals surface area contributed by atoms with Crippen LogP contribution in [0.2, 0.25) is 0 Å². The summed E-state index contributed by atoms with van der Waals surface area (Å²) >= 11 is 0. The van der Waals surface area contributed by atoms with Crippen molar-refractivity contribution in [1.29, 1.82) is 0 Å². The largest absolute Gasteiger partial charge is 0.328 e. The van der Waals surface area contributed by atoms with Gasteiger partial charge < -0.3 is 11.1 Å². The highest BCUT2D eigenvalue weighted by Gasteiger charge is 2.15. The molecule has 0 fully saturated rings. The van der Waals surface area contributed by atoms with Crippen LogP contribution in [-0.4, -0.2) is 18.6 Å². The lowest BCUT2D eigenvalue weighted by Crippen LogP contribution is -2.33. The second-order valence-electron chi connectivity index (χ2n) is 6.31. The minimum Gasteiger partial charge on any atom is -0.328 e. The highest BCUT2D eigenvalue weighted by molar-refractivity contribution is 4.73. The third-order valence-corrected chi connectivity index (χ3v) is 2.87. The van der Waals surface area contributed by atoms with E-state index in [4.69, 9.17) is 5.73 Å². The minimum atomic E-state index is 0.339. The fraction of sp³-hybridized carbons (Fsp3) is 1.00. The second kappa shape index (κ2) is 8.08. The van der Waals surface area contributed by atoms with Gasteiger partial charge in [0.1, 0.15) is 0 Å². The van der Waals surface area contributed by atoms with Crippen molar-refractivity contribution < 1.29 is 0 Å². The Morgan fingerprint density at radius 3 is 2.31 bits per heavy atom. The van der Waals surface area contributed by atoms with Gasteiger partial charge in [-0.15, -0.1) is 0 Å². The summed E-state index contributed by atoms with van der Waals surface area (Å²) in [4.78, 5) is 0. The van der Waals surface area contributed by atoms with Crippen LogP contribution in [0.3, 0.4) is 0 Å². The molecule has 0 aliphatic heterocycles. The summed E-state index contributed by atoms with van der Waals surface area (Å²) in [7, 11) is 0. The van der Waals surface area contributed by atoms with Gasteiger partial charge in [-0.2, -0.15) is 0 Å². The number of hydrogen-bond acceptors (Lipinski definition) is 2. The van der Waals surface area contributed by atoms with Crippen LogP contribution in [0.4, 0.5) is 0 Å². The van der Waals surface area contributed by atoms with Crippen molar-refractivity contribution in [2.45, 2.75) is 78.8 Å². The van der Waals surface area contributed by atoms with Crippen LogP contribution in [0.1, 0.15) is 66.7 Å². The molecule has 0 aromatic carbocycles. The Morgan fingerprint density at radius 1 is 1.19 bits per heavy atom. The van der Waals surface area contributed by atoms with Gasteiger partial charge in [-0.05, 0) is 38.1 Å². The maximum Gasteiger partial charge on any atom is 0.00558 e. The molecule has 0 aliphatic rings. The third-order valence-electron chi connectivity index (χ3n) is 2.87. The van der Waals surface area contributed by atoms with Crippen LogP contribution < -0.4 is 11.1 Å². The lowest BCUT2D eigenvalue weighted by Gasteiger charge is -2.23. The van der Waals surface area contributed by atoms with E-state index in [-0.39, 0.29) is 0 Å². The van der Waals surface area contributed by atoms with E-state index in [1.165, 1.54) is 19.3 Å². The molecule has 2 nitrogen and oxygen atoms in total. The second-order valence-corrected chi connectivity index (χ2v) is 6.31. The maximum absolute atomic E-state index is 6.11. The molecular formula is C14H32N2. The van der Waals surface area contributed by atoms with Crippen molar-refractivity contribution in [3.63, 3.8) is 0 Å². The van der Waals surface area contributed by atoms with E-state index in [9.17, 15) is 0 Å². The Hall–Kier alpha value is -0.0800. The van der Waals surface area contributed by atoms with Gasteiger partial charge in [0.05, 0.1) is 0 Å². The lowest BCUT2D eigenvalue weighted by atomic mass is 9.87.